The Kier molecular flexibility index (Phi) is 3.95. The van der Waals surface area contributed by atoms with E-state index in [0.717, 1.165) is 5.39 Å². The third kappa shape index (κ3) is 2.81. The van der Waals surface area contributed by atoms with Crippen molar-refractivity contribution in [1.29, 1.82) is 0 Å². The second kappa shape index (κ2) is 6.07. The first-order valence-electron chi connectivity index (χ1n) is 7.29. The summed E-state index contributed by atoms with van der Waals surface area (Å²) in [6.07, 6.45) is 1.66. The van der Waals surface area contributed by atoms with Crippen LogP contribution in [0, 0.1) is 24.0 Å². The molecule has 24 heavy (non-hydrogen) atoms. The molecule has 0 radical (unpaired) electrons. The Hall–Kier alpha value is -3.29. The van der Waals surface area contributed by atoms with E-state index < -0.39 is 4.92 Å². The summed E-state index contributed by atoms with van der Waals surface area (Å²) in [4.78, 5) is 27.1. The van der Waals surface area contributed by atoms with Gasteiger partial charge in [-0.05, 0) is 26.0 Å². The van der Waals surface area contributed by atoms with E-state index in [1.165, 1.54) is 4.68 Å². The predicted octanol–water partition coefficient (Wildman–Crippen LogP) is 2.60. The largest absolute Gasteiger partial charge is 0.323 e. The summed E-state index contributed by atoms with van der Waals surface area (Å²) in [6.45, 7) is 3.02. The Morgan fingerprint density at radius 1 is 1.29 bits per heavy atom. The van der Waals surface area contributed by atoms with E-state index in [4.69, 9.17) is 0 Å². The third-order valence-corrected chi connectivity index (χ3v) is 3.73. The third-order valence-electron chi connectivity index (χ3n) is 3.73. The Morgan fingerprint density at radius 2 is 2.04 bits per heavy atom. The second-order valence-corrected chi connectivity index (χ2v) is 5.36. The molecule has 0 aliphatic carbocycles. The topological polar surface area (TPSA) is 103 Å². The van der Waals surface area contributed by atoms with Gasteiger partial charge in [0, 0.05) is 11.6 Å². The number of amides is 1. The number of aromatic nitrogens is 3. The predicted molar refractivity (Wildman–Crippen MR) is 88.7 cm³/mol. The van der Waals surface area contributed by atoms with Crippen LogP contribution in [0.4, 0.5) is 11.4 Å². The van der Waals surface area contributed by atoms with Gasteiger partial charge in [0.05, 0.1) is 16.1 Å². The molecule has 8 heteroatoms. The SMILES string of the molecule is Cc1nn(CC(=O)Nc2cccc3cccnc23)c(C)c1[N+](=O)[O-]. The molecule has 0 saturated heterocycles. The van der Waals surface area contributed by atoms with Crippen LogP contribution in [0.25, 0.3) is 10.9 Å². The highest BCUT2D eigenvalue weighted by atomic mass is 16.6. The average molecular weight is 325 g/mol. The molecule has 3 rings (SSSR count). The second-order valence-electron chi connectivity index (χ2n) is 5.36. The maximum Gasteiger partial charge on any atom is 0.312 e. The molecule has 2 aromatic heterocycles. The molecule has 8 nitrogen and oxygen atoms in total. The highest BCUT2D eigenvalue weighted by Gasteiger charge is 2.22. The maximum absolute atomic E-state index is 12.3. The molecule has 1 aromatic carbocycles. The highest BCUT2D eigenvalue weighted by molar-refractivity contribution is 6.00. The zero-order chi connectivity index (χ0) is 17.3. The van der Waals surface area contributed by atoms with E-state index in [1.54, 1.807) is 26.1 Å². The number of hydrogen-bond acceptors (Lipinski definition) is 5. The Morgan fingerprint density at radius 3 is 2.75 bits per heavy atom. The number of pyridine rings is 1. The van der Waals surface area contributed by atoms with Crippen molar-refractivity contribution in [3.05, 3.63) is 58.0 Å². The lowest BCUT2D eigenvalue weighted by Crippen LogP contribution is -2.20. The van der Waals surface area contributed by atoms with Gasteiger partial charge < -0.3 is 5.32 Å². The highest BCUT2D eigenvalue weighted by Crippen LogP contribution is 2.23. The number of para-hydroxylation sites is 1. The number of rotatable bonds is 4. The summed E-state index contributed by atoms with van der Waals surface area (Å²) in [5.41, 5.74) is 1.86. The molecule has 1 N–H and O–H groups in total. The molecular formula is C16H15N5O3. The van der Waals surface area contributed by atoms with Crippen molar-refractivity contribution >= 4 is 28.2 Å². The Labute approximate surface area is 137 Å². The standard InChI is InChI=1S/C16H15N5O3/c1-10-16(21(23)24)11(2)20(19-10)9-14(22)18-13-7-3-5-12-6-4-8-17-15(12)13/h3-8H,9H2,1-2H3,(H,18,22). The number of nitrogens with one attached hydrogen (secondary N) is 1. The lowest BCUT2D eigenvalue weighted by molar-refractivity contribution is -0.386. The van der Waals surface area contributed by atoms with Crippen molar-refractivity contribution in [1.82, 2.24) is 14.8 Å². The molecule has 3 aromatic rings. The first kappa shape index (κ1) is 15.6. The molecule has 0 atom stereocenters. The summed E-state index contributed by atoms with van der Waals surface area (Å²) in [6, 6.07) is 9.22. The number of anilines is 1. The van der Waals surface area contributed by atoms with Crippen LogP contribution in [0.1, 0.15) is 11.4 Å². The summed E-state index contributed by atoms with van der Waals surface area (Å²) in [5, 5.41) is 18.8. The molecule has 2 heterocycles. The average Bonchev–Trinajstić information content (AvgIpc) is 2.81. The van der Waals surface area contributed by atoms with Crippen LogP contribution in [0.5, 0.6) is 0 Å². The summed E-state index contributed by atoms with van der Waals surface area (Å²) < 4.78 is 1.33. The smallest absolute Gasteiger partial charge is 0.312 e. The minimum atomic E-state index is -0.485. The van der Waals surface area contributed by atoms with Gasteiger partial charge in [-0.15, -0.1) is 0 Å². The zero-order valence-corrected chi connectivity index (χ0v) is 13.2. The molecule has 0 aliphatic heterocycles. The van der Waals surface area contributed by atoms with E-state index >= 15 is 0 Å². The van der Waals surface area contributed by atoms with E-state index in [-0.39, 0.29) is 23.8 Å². The number of fused-ring (bicyclic) bond motifs is 1. The van der Waals surface area contributed by atoms with Gasteiger partial charge >= 0.3 is 5.69 Å². The van der Waals surface area contributed by atoms with Gasteiger partial charge in [0.15, 0.2) is 0 Å². The minimum Gasteiger partial charge on any atom is -0.323 e. The number of carbonyl (C=O) groups excluding carboxylic acids is 1. The Balaban J connectivity index is 1.84. The van der Waals surface area contributed by atoms with Crippen LogP contribution < -0.4 is 5.32 Å². The first-order chi connectivity index (χ1) is 11.5. The van der Waals surface area contributed by atoms with Gasteiger partial charge in [0.2, 0.25) is 5.91 Å². The molecule has 0 unspecified atom stereocenters. The fraction of sp³-hybridized carbons (Fsp3) is 0.188. The molecular weight excluding hydrogens is 310 g/mol. The Bertz CT molecular complexity index is 943. The van der Waals surface area contributed by atoms with Gasteiger partial charge in [-0.2, -0.15) is 5.10 Å². The van der Waals surface area contributed by atoms with E-state index in [0.29, 0.717) is 16.9 Å². The van der Waals surface area contributed by atoms with E-state index in [1.807, 2.05) is 24.3 Å². The number of hydrogen-bond donors (Lipinski definition) is 1. The van der Waals surface area contributed by atoms with Gasteiger partial charge in [0.25, 0.3) is 0 Å². The molecule has 0 saturated carbocycles. The minimum absolute atomic E-state index is 0.0605. The van der Waals surface area contributed by atoms with Gasteiger partial charge in [-0.3, -0.25) is 24.6 Å². The maximum atomic E-state index is 12.3. The molecule has 0 spiro atoms. The van der Waals surface area contributed by atoms with Crippen LogP contribution in [-0.4, -0.2) is 25.6 Å². The van der Waals surface area contributed by atoms with E-state index in [2.05, 4.69) is 15.4 Å². The van der Waals surface area contributed by atoms with Gasteiger partial charge in [-0.1, -0.05) is 18.2 Å². The molecule has 0 aliphatic rings. The van der Waals surface area contributed by atoms with Gasteiger partial charge in [-0.25, -0.2) is 0 Å². The number of carbonyl (C=O) groups is 1. The molecule has 0 bridgehead atoms. The van der Waals surface area contributed by atoms with Crippen molar-refractivity contribution in [3.63, 3.8) is 0 Å². The van der Waals surface area contributed by atoms with Crippen LogP contribution in [0.2, 0.25) is 0 Å². The molecule has 1 amide bonds. The summed E-state index contributed by atoms with van der Waals surface area (Å²) in [7, 11) is 0. The number of benzene rings is 1. The summed E-state index contributed by atoms with van der Waals surface area (Å²) in [5.74, 6) is -0.325. The zero-order valence-electron chi connectivity index (χ0n) is 13.2. The fourth-order valence-electron chi connectivity index (χ4n) is 2.64. The fourth-order valence-corrected chi connectivity index (χ4v) is 2.64. The van der Waals surface area contributed by atoms with Crippen molar-refractivity contribution in [2.24, 2.45) is 0 Å². The first-order valence-corrected chi connectivity index (χ1v) is 7.29. The molecule has 122 valence electrons. The number of nitro groups is 1. The molecule has 0 fully saturated rings. The number of nitrogens with zero attached hydrogens (tertiary/aromatic N) is 4. The normalized spacial score (nSPS) is 10.8. The van der Waals surface area contributed by atoms with Crippen LogP contribution in [-0.2, 0) is 11.3 Å². The van der Waals surface area contributed by atoms with E-state index in [9.17, 15) is 14.9 Å². The van der Waals surface area contributed by atoms with Crippen LogP contribution >= 0.6 is 0 Å². The van der Waals surface area contributed by atoms with Gasteiger partial charge in [0.1, 0.15) is 17.9 Å². The number of aryl methyl sites for hydroxylation is 1. The lowest BCUT2D eigenvalue weighted by atomic mass is 10.2. The van der Waals surface area contributed by atoms with Crippen LogP contribution in [0.3, 0.4) is 0 Å². The van der Waals surface area contributed by atoms with Crippen molar-refractivity contribution in [2.45, 2.75) is 20.4 Å². The quantitative estimate of drug-likeness (QED) is 0.586. The monoisotopic (exact) mass is 325 g/mol. The summed E-state index contributed by atoms with van der Waals surface area (Å²) >= 11 is 0. The van der Waals surface area contributed by atoms with Crippen LogP contribution in [0.15, 0.2) is 36.5 Å². The van der Waals surface area contributed by atoms with Crippen molar-refractivity contribution in [2.75, 3.05) is 5.32 Å². The van der Waals surface area contributed by atoms with Crippen molar-refractivity contribution < 1.29 is 9.72 Å². The lowest BCUT2D eigenvalue weighted by Gasteiger charge is -2.08. The van der Waals surface area contributed by atoms with Crippen molar-refractivity contribution in [3.8, 4) is 0 Å².